The van der Waals surface area contributed by atoms with Gasteiger partial charge in [0.1, 0.15) is 11.5 Å². The van der Waals surface area contributed by atoms with Gasteiger partial charge in [-0.25, -0.2) is 9.78 Å². The average Bonchev–Trinajstić information content (AvgIpc) is 2.85. The highest BCUT2D eigenvalue weighted by molar-refractivity contribution is 5.89. The van der Waals surface area contributed by atoms with Crippen molar-refractivity contribution in [2.75, 3.05) is 0 Å². The molecule has 0 unspecified atom stereocenters. The van der Waals surface area contributed by atoms with Crippen molar-refractivity contribution >= 4 is 11.7 Å². The number of imidazole rings is 1. The number of nitro groups is 1. The van der Waals surface area contributed by atoms with Crippen molar-refractivity contribution in [3.8, 4) is 5.69 Å². The van der Waals surface area contributed by atoms with Crippen LogP contribution in [0.5, 0.6) is 0 Å². The van der Waals surface area contributed by atoms with Crippen LogP contribution in [0.4, 0.5) is 5.69 Å². The van der Waals surface area contributed by atoms with Gasteiger partial charge < -0.3 is 5.11 Å². The number of hydrogen-bond donors (Lipinski definition) is 1. The summed E-state index contributed by atoms with van der Waals surface area (Å²) < 4.78 is 1.59. The molecule has 19 heavy (non-hydrogen) atoms. The largest absolute Gasteiger partial charge is 0.478 e. The monoisotopic (exact) mass is 261 g/mol. The fourth-order valence-electron chi connectivity index (χ4n) is 1.82. The van der Waals surface area contributed by atoms with Crippen LogP contribution in [0, 0.1) is 10.1 Å². The van der Waals surface area contributed by atoms with E-state index in [1.54, 1.807) is 17.0 Å². The van der Waals surface area contributed by atoms with Crippen molar-refractivity contribution < 1.29 is 14.8 Å². The second-order valence-electron chi connectivity index (χ2n) is 3.83. The summed E-state index contributed by atoms with van der Waals surface area (Å²) in [6, 6.07) is 3.81. The number of aryl methyl sites for hydroxylation is 1. The van der Waals surface area contributed by atoms with Gasteiger partial charge in [0.15, 0.2) is 0 Å². The van der Waals surface area contributed by atoms with E-state index in [-0.39, 0.29) is 11.3 Å². The molecule has 1 heterocycles. The van der Waals surface area contributed by atoms with E-state index >= 15 is 0 Å². The zero-order chi connectivity index (χ0) is 14.0. The van der Waals surface area contributed by atoms with E-state index in [0.717, 1.165) is 6.07 Å². The van der Waals surface area contributed by atoms with Gasteiger partial charge >= 0.3 is 5.97 Å². The molecule has 1 aromatic heterocycles. The summed E-state index contributed by atoms with van der Waals surface area (Å²) in [5, 5.41) is 19.9. The first-order valence-corrected chi connectivity index (χ1v) is 5.59. The second kappa shape index (κ2) is 4.89. The average molecular weight is 261 g/mol. The predicted molar refractivity (Wildman–Crippen MR) is 66.6 cm³/mol. The number of nitro benzene ring substituents is 1. The van der Waals surface area contributed by atoms with E-state index in [1.807, 2.05) is 6.92 Å². The van der Waals surface area contributed by atoms with Gasteiger partial charge in [-0.05, 0) is 12.1 Å². The Hall–Kier alpha value is -2.70. The van der Waals surface area contributed by atoms with E-state index in [1.165, 1.54) is 12.1 Å². The Morgan fingerprint density at radius 2 is 2.26 bits per heavy atom. The number of carboxylic acids is 1. The maximum Gasteiger partial charge on any atom is 0.335 e. The van der Waals surface area contributed by atoms with Crippen LogP contribution in [0.3, 0.4) is 0 Å². The van der Waals surface area contributed by atoms with Gasteiger partial charge in [0.05, 0.1) is 10.5 Å². The Labute approximate surface area is 108 Å². The second-order valence-corrected chi connectivity index (χ2v) is 3.83. The normalized spacial score (nSPS) is 10.4. The lowest BCUT2D eigenvalue weighted by Gasteiger charge is -2.07. The molecule has 0 saturated heterocycles. The Bertz CT molecular complexity index is 648. The van der Waals surface area contributed by atoms with Crippen LogP contribution >= 0.6 is 0 Å². The zero-order valence-electron chi connectivity index (χ0n) is 10.1. The molecule has 1 aromatic carbocycles. The lowest BCUT2D eigenvalue weighted by Crippen LogP contribution is -2.05. The molecular weight excluding hydrogens is 250 g/mol. The molecular formula is C12H11N3O4. The zero-order valence-corrected chi connectivity index (χ0v) is 10.1. The summed E-state index contributed by atoms with van der Waals surface area (Å²) in [5.74, 6) is -0.526. The Morgan fingerprint density at radius 3 is 2.84 bits per heavy atom. The van der Waals surface area contributed by atoms with Gasteiger partial charge in [-0.2, -0.15) is 0 Å². The molecule has 1 N–H and O–H groups in total. The molecule has 7 nitrogen and oxygen atoms in total. The summed E-state index contributed by atoms with van der Waals surface area (Å²) in [4.78, 5) is 25.4. The highest BCUT2D eigenvalue weighted by Crippen LogP contribution is 2.25. The smallest absolute Gasteiger partial charge is 0.335 e. The van der Waals surface area contributed by atoms with Crippen LogP contribution in [0.15, 0.2) is 30.6 Å². The molecule has 0 aliphatic heterocycles. The van der Waals surface area contributed by atoms with Gasteiger partial charge in [0.2, 0.25) is 0 Å². The molecule has 0 amide bonds. The van der Waals surface area contributed by atoms with E-state index < -0.39 is 10.9 Å². The maximum atomic E-state index is 11.1. The van der Waals surface area contributed by atoms with E-state index in [9.17, 15) is 14.9 Å². The third-order valence-corrected chi connectivity index (χ3v) is 2.71. The Kier molecular flexibility index (Phi) is 3.28. The lowest BCUT2D eigenvalue weighted by molar-refractivity contribution is -0.384. The summed E-state index contributed by atoms with van der Waals surface area (Å²) in [6.45, 7) is 1.89. The fraction of sp³-hybridized carbons (Fsp3) is 0.167. The molecule has 2 rings (SSSR count). The lowest BCUT2D eigenvalue weighted by atomic mass is 10.1. The Balaban J connectivity index is 2.63. The number of carboxylic acid groups (broad SMARTS) is 1. The maximum absolute atomic E-state index is 11.1. The Morgan fingerprint density at radius 1 is 1.53 bits per heavy atom. The molecule has 98 valence electrons. The number of nitrogens with zero attached hydrogens (tertiary/aromatic N) is 3. The van der Waals surface area contributed by atoms with E-state index in [0.29, 0.717) is 17.9 Å². The molecule has 0 atom stereocenters. The molecule has 0 spiro atoms. The summed E-state index contributed by atoms with van der Waals surface area (Å²) in [5.41, 5.74) is -0.0643. The van der Waals surface area contributed by atoms with Crippen molar-refractivity contribution in [2.24, 2.45) is 0 Å². The first-order chi connectivity index (χ1) is 9.04. The van der Waals surface area contributed by atoms with Crippen molar-refractivity contribution in [3.05, 3.63) is 52.1 Å². The topological polar surface area (TPSA) is 98.3 Å². The van der Waals surface area contributed by atoms with Crippen molar-refractivity contribution in [2.45, 2.75) is 13.3 Å². The number of aromatic carboxylic acids is 1. The van der Waals surface area contributed by atoms with Gasteiger partial charge in [-0.1, -0.05) is 6.92 Å². The predicted octanol–water partition coefficient (Wildman–Crippen LogP) is 2.04. The number of rotatable bonds is 4. The van der Waals surface area contributed by atoms with Crippen LogP contribution in [0.1, 0.15) is 23.1 Å². The molecule has 7 heteroatoms. The molecule has 0 fully saturated rings. The molecule has 0 aliphatic carbocycles. The fourth-order valence-corrected chi connectivity index (χ4v) is 1.82. The van der Waals surface area contributed by atoms with Crippen molar-refractivity contribution in [1.29, 1.82) is 0 Å². The molecule has 0 saturated carbocycles. The van der Waals surface area contributed by atoms with E-state index in [4.69, 9.17) is 5.11 Å². The summed E-state index contributed by atoms with van der Waals surface area (Å²) in [7, 11) is 0. The van der Waals surface area contributed by atoms with Gasteiger partial charge in [0, 0.05) is 24.9 Å². The SMILES string of the molecule is CCc1nccn1-c1ccc(C(=O)O)cc1[N+](=O)[O-]. The molecule has 0 bridgehead atoms. The number of benzene rings is 1. The third kappa shape index (κ3) is 2.30. The van der Waals surface area contributed by atoms with Crippen molar-refractivity contribution in [1.82, 2.24) is 9.55 Å². The van der Waals surface area contributed by atoms with E-state index in [2.05, 4.69) is 4.98 Å². The van der Waals surface area contributed by atoms with Crippen LogP contribution in [0.2, 0.25) is 0 Å². The van der Waals surface area contributed by atoms with Gasteiger partial charge in [0.25, 0.3) is 5.69 Å². The van der Waals surface area contributed by atoms with Gasteiger partial charge in [-0.3, -0.25) is 14.7 Å². The minimum absolute atomic E-state index is 0.117. The summed E-state index contributed by atoms with van der Waals surface area (Å²) >= 11 is 0. The minimum Gasteiger partial charge on any atom is -0.478 e. The molecule has 2 aromatic rings. The highest BCUT2D eigenvalue weighted by Gasteiger charge is 2.19. The highest BCUT2D eigenvalue weighted by atomic mass is 16.6. The van der Waals surface area contributed by atoms with Crippen LogP contribution in [-0.4, -0.2) is 25.6 Å². The standard InChI is InChI=1S/C12H11N3O4/c1-2-11-13-5-6-14(11)9-4-3-8(12(16)17)7-10(9)15(18)19/h3-7H,2H2,1H3,(H,16,17). The van der Waals surface area contributed by atoms with Gasteiger partial charge in [-0.15, -0.1) is 0 Å². The minimum atomic E-state index is -1.20. The van der Waals surface area contributed by atoms with Crippen LogP contribution in [0.25, 0.3) is 5.69 Å². The molecule has 0 radical (unpaired) electrons. The third-order valence-electron chi connectivity index (χ3n) is 2.71. The first kappa shape index (κ1) is 12.7. The van der Waals surface area contributed by atoms with Crippen LogP contribution < -0.4 is 0 Å². The number of hydrogen-bond acceptors (Lipinski definition) is 4. The molecule has 0 aliphatic rings. The van der Waals surface area contributed by atoms with Crippen LogP contribution in [-0.2, 0) is 6.42 Å². The first-order valence-electron chi connectivity index (χ1n) is 5.59. The number of aromatic nitrogens is 2. The number of carbonyl (C=O) groups is 1. The van der Waals surface area contributed by atoms with Crippen molar-refractivity contribution in [3.63, 3.8) is 0 Å². The quantitative estimate of drug-likeness (QED) is 0.670. The summed E-state index contributed by atoms with van der Waals surface area (Å²) in [6.07, 6.45) is 3.78.